The van der Waals surface area contributed by atoms with Crippen molar-refractivity contribution in [1.29, 1.82) is 0 Å². The molecule has 0 radical (unpaired) electrons. The molecule has 1 aliphatic carbocycles. The molecule has 66 valence electrons. The first-order valence-electron chi connectivity index (χ1n) is 4.62. The van der Waals surface area contributed by atoms with Crippen LogP contribution >= 0.6 is 0 Å². The van der Waals surface area contributed by atoms with E-state index < -0.39 is 0 Å². The van der Waals surface area contributed by atoms with Crippen LogP contribution in [0.5, 0.6) is 0 Å². The molecule has 3 fully saturated rings. The van der Waals surface area contributed by atoms with E-state index in [1.165, 1.54) is 0 Å². The van der Waals surface area contributed by atoms with Crippen molar-refractivity contribution >= 4 is 5.78 Å². The summed E-state index contributed by atoms with van der Waals surface area (Å²) < 4.78 is 10.9. The summed E-state index contributed by atoms with van der Waals surface area (Å²) in [4.78, 5) is 11.5. The SMILES string of the molecule is O=C1C[C@@H]2CO[C@@H]3OCC[C@H]1[C@H]23. The first kappa shape index (κ1) is 7.04. The first-order chi connectivity index (χ1) is 5.86. The fraction of sp³-hybridized carbons (Fsp3) is 0.889. The van der Waals surface area contributed by atoms with Gasteiger partial charge in [0.2, 0.25) is 0 Å². The van der Waals surface area contributed by atoms with Crippen LogP contribution in [-0.4, -0.2) is 25.3 Å². The van der Waals surface area contributed by atoms with Crippen molar-refractivity contribution in [3.8, 4) is 0 Å². The monoisotopic (exact) mass is 168 g/mol. The van der Waals surface area contributed by atoms with Crippen LogP contribution in [-0.2, 0) is 14.3 Å². The molecule has 2 aliphatic heterocycles. The lowest BCUT2D eigenvalue weighted by molar-refractivity contribution is -0.168. The van der Waals surface area contributed by atoms with Crippen molar-refractivity contribution in [3.05, 3.63) is 0 Å². The average Bonchev–Trinajstić information content (AvgIpc) is 2.61. The summed E-state index contributed by atoms with van der Waals surface area (Å²) in [6.07, 6.45) is 1.59. The van der Waals surface area contributed by atoms with Crippen molar-refractivity contribution in [3.63, 3.8) is 0 Å². The number of hydrogen-bond donors (Lipinski definition) is 0. The highest BCUT2D eigenvalue weighted by Gasteiger charge is 2.53. The van der Waals surface area contributed by atoms with Crippen molar-refractivity contribution in [2.75, 3.05) is 13.2 Å². The van der Waals surface area contributed by atoms with Gasteiger partial charge >= 0.3 is 0 Å². The van der Waals surface area contributed by atoms with E-state index in [0.29, 0.717) is 24.2 Å². The van der Waals surface area contributed by atoms with E-state index in [9.17, 15) is 4.79 Å². The molecule has 0 aromatic rings. The maximum atomic E-state index is 11.5. The van der Waals surface area contributed by atoms with E-state index in [0.717, 1.165) is 19.4 Å². The van der Waals surface area contributed by atoms with Crippen molar-refractivity contribution in [2.24, 2.45) is 17.8 Å². The minimum atomic E-state index is -0.0554. The predicted octanol–water partition coefficient (Wildman–Crippen LogP) is 0.584. The zero-order valence-corrected chi connectivity index (χ0v) is 6.86. The minimum absolute atomic E-state index is 0.0554. The Morgan fingerprint density at radius 3 is 3.17 bits per heavy atom. The second-order valence-electron chi connectivity index (χ2n) is 3.98. The number of ether oxygens (including phenoxy) is 2. The van der Waals surface area contributed by atoms with Crippen LogP contribution < -0.4 is 0 Å². The fourth-order valence-corrected chi connectivity index (χ4v) is 2.82. The summed E-state index contributed by atoms with van der Waals surface area (Å²) in [5.74, 6) is 1.57. The van der Waals surface area contributed by atoms with Gasteiger partial charge in [0, 0.05) is 18.3 Å². The van der Waals surface area contributed by atoms with Gasteiger partial charge in [0.15, 0.2) is 6.29 Å². The molecule has 3 rings (SSSR count). The molecule has 0 aromatic carbocycles. The molecular weight excluding hydrogens is 156 g/mol. The van der Waals surface area contributed by atoms with Gasteiger partial charge in [-0.2, -0.15) is 0 Å². The highest BCUT2D eigenvalue weighted by Crippen LogP contribution is 2.46. The van der Waals surface area contributed by atoms with Gasteiger partial charge in [-0.05, 0) is 12.3 Å². The van der Waals surface area contributed by atoms with Gasteiger partial charge in [-0.3, -0.25) is 4.79 Å². The lowest BCUT2D eigenvalue weighted by Gasteiger charge is -2.28. The Hall–Kier alpha value is -0.410. The molecule has 0 spiro atoms. The van der Waals surface area contributed by atoms with Gasteiger partial charge in [0.25, 0.3) is 0 Å². The number of carbonyl (C=O) groups is 1. The number of ketones is 1. The van der Waals surface area contributed by atoms with E-state index >= 15 is 0 Å². The van der Waals surface area contributed by atoms with Crippen LogP contribution in [0.4, 0.5) is 0 Å². The Bertz CT molecular complexity index is 224. The Morgan fingerprint density at radius 1 is 1.33 bits per heavy atom. The van der Waals surface area contributed by atoms with Crippen LogP contribution in [0.3, 0.4) is 0 Å². The molecule has 4 atom stereocenters. The summed E-state index contributed by atoms with van der Waals surface area (Å²) in [5.41, 5.74) is 0. The van der Waals surface area contributed by atoms with Gasteiger partial charge in [0.1, 0.15) is 5.78 Å². The zero-order valence-electron chi connectivity index (χ0n) is 6.86. The number of rotatable bonds is 0. The molecule has 2 saturated heterocycles. The topological polar surface area (TPSA) is 35.5 Å². The summed E-state index contributed by atoms with van der Waals surface area (Å²) in [5, 5.41) is 0. The number of carbonyl (C=O) groups excluding carboxylic acids is 1. The summed E-state index contributed by atoms with van der Waals surface area (Å²) >= 11 is 0. The van der Waals surface area contributed by atoms with Gasteiger partial charge < -0.3 is 9.47 Å². The molecule has 0 unspecified atom stereocenters. The molecule has 0 aromatic heterocycles. The number of hydrogen-bond acceptors (Lipinski definition) is 3. The molecule has 0 N–H and O–H groups in total. The molecule has 3 heteroatoms. The Labute approximate surface area is 71.0 Å². The Kier molecular flexibility index (Phi) is 1.35. The largest absolute Gasteiger partial charge is 0.352 e. The van der Waals surface area contributed by atoms with Gasteiger partial charge in [-0.1, -0.05) is 0 Å². The van der Waals surface area contributed by atoms with Gasteiger partial charge in [0.05, 0.1) is 13.2 Å². The van der Waals surface area contributed by atoms with Crippen molar-refractivity contribution in [2.45, 2.75) is 19.1 Å². The van der Waals surface area contributed by atoms with Crippen LogP contribution in [0.2, 0.25) is 0 Å². The Morgan fingerprint density at radius 2 is 2.25 bits per heavy atom. The van der Waals surface area contributed by atoms with E-state index in [4.69, 9.17) is 9.47 Å². The first-order valence-corrected chi connectivity index (χ1v) is 4.62. The van der Waals surface area contributed by atoms with Crippen LogP contribution in [0, 0.1) is 17.8 Å². The third kappa shape index (κ3) is 0.756. The van der Waals surface area contributed by atoms with E-state index in [-0.39, 0.29) is 12.2 Å². The zero-order chi connectivity index (χ0) is 8.13. The second-order valence-corrected chi connectivity index (χ2v) is 3.98. The molecule has 12 heavy (non-hydrogen) atoms. The maximum absolute atomic E-state index is 11.5. The third-order valence-corrected chi connectivity index (χ3v) is 3.39. The third-order valence-electron chi connectivity index (χ3n) is 3.39. The van der Waals surface area contributed by atoms with E-state index in [2.05, 4.69) is 0 Å². The molecule has 3 aliphatic rings. The smallest absolute Gasteiger partial charge is 0.161 e. The van der Waals surface area contributed by atoms with E-state index in [1.807, 2.05) is 0 Å². The normalized spacial score (nSPS) is 51.2. The Balaban J connectivity index is 1.94. The van der Waals surface area contributed by atoms with E-state index in [1.54, 1.807) is 0 Å². The number of Topliss-reactive ketones (excluding diaryl/α,β-unsaturated/α-hetero) is 1. The summed E-state index contributed by atoms with van der Waals surface area (Å²) in [7, 11) is 0. The summed E-state index contributed by atoms with van der Waals surface area (Å²) in [6.45, 7) is 1.43. The van der Waals surface area contributed by atoms with Crippen LogP contribution in [0.1, 0.15) is 12.8 Å². The summed E-state index contributed by atoms with van der Waals surface area (Å²) in [6, 6.07) is 0. The lowest BCUT2D eigenvalue weighted by atomic mass is 9.87. The maximum Gasteiger partial charge on any atom is 0.161 e. The molecule has 3 nitrogen and oxygen atoms in total. The highest BCUT2D eigenvalue weighted by atomic mass is 16.7. The van der Waals surface area contributed by atoms with Crippen molar-refractivity contribution in [1.82, 2.24) is 0 Å². The molecule has 0 amide bonds. The lowest BCUT2D eigenvalue weighted by Crippen LogP contribution is -2.34. The van der Waals surface area contributed by atoms with Crippen LogP contribution in [0.25, 0.3) is 0 Å². The highest BCUT2D eigenvalue weighted by molar-refractivity contribution is 5.84. The standard InChI is InChI=1S/C9H12O3/c10-7-3-5-4-12-9-8(5)6(7)1-2-11-9/h5-6,8-9H,1-4H2/t5-,6-,8+,9+/m1/s1. The van der Waals surface area contributed by atoms with Crippen molar-refractivity contribution < 1.29 is 14.3 Å². The molecule has 2 heterocycles. The van der Waals surface area contributed by atoms with Gasteiger partial charge in [-0.15, -0.1) is 0 Å². The second kappa shape index (κ2) is 2.30. The van der Waals surface area contributed by atoms with Crippen LogP contribution in [0.15, 0.2) is 0 Å². The molecular formula is C9H12O3. The predicted molar refractivity (Wildman–Crippen MR) is 40.4 cm³/mol. The quantitative estimate of drug-likeness (QED) is 0.531. The minimum Gasteiger partial charge on any atom is -0.352 e. The average molecular weight is 168 g/mol. The molecule has 1 saturated carbocycles. The van der Waals surface area contributed by atoms with Gasteiger partial charge in [-0.25, -0.2) is 0 Å². The molecule has 0 bridgehead atoms. The fourth-order valence-electron chi connectivity index (χ4n) is 2.82.